The molecule has 118 valence electrons. The van der Waals surface area contributed by atoms with Gasteiger partial charge in [0, 0.05) is 26.2 Å². The molecule has 0 amide bonds. The number of fused-ring (bicyclic) bond motifs is 1. The van der Waals surface area contributed by atoms with E-state index in [0.29, 0.717) is 15.8 Å². The highest BCUT2D eigenvalue weighted by molar-refractivity contribution is 7.21. The fourth-order valence-corrected chi connectivity index (χ4v) is 3.58. The average molecular weight is 361 g/mol. The molecule has 0 radical (unpaired) electrons. The molecular weight excluding hydrogens is 356 g/mol. The van der Waals surface area contributed by atoms with E-state index in [0.717, 1.165) is 11.3 Å². The molecular formula is C15H5ClF4O2S. The monoisotopic (exact) mass is 360 g/mol. The number of carbonyl (C=O) groups is 1. The molecule has 1 heterocycles. The Balaban J connectivity index is 2.45. The van der Waals surface area contributed by atoms with Gasteiger partial charge in [-0.3, -0.25) is 0 Å². The van der Waals surface area contributed by atoms with Gasteiger partial charge in [-0.05, 0) is 18.2 Å². The van der Waals surface area contributed by atoms with Gasteiger partial charge < -0.3 is 5.11 Å². The van der Waals surface area contributed by atoms with E-state index in [2.05, 4.69) is 0 Å². The minimum absolute atomic E-state index is 0.218. The first-order valence-electron chi connectivity index (χ1n) is 6.10. The Morgan fingerprint density at radius 3 is 2.39 bits per heavy atom. The van der Waals surface area contributed by atoms with Crippen LogP contribution in [0.25, 0.3) is 21.2 Å². The predicted octanol–water partition coefficient (Wildman–Crippen LogP) is 5.48. The van der Waals surface area contributed by atoms with Crippen LogP contribution in [0.5, 0.6) is 0 Å². The molecule has 1 aromatic heterocycles. The summed E-state index contributed by atoms with van der Waals surface area (Å²) in [6, 6.07) is 4.73. The second-order valence-corrected chi connectivity index (χ2v) is 6.09. The largest absolute Gasteiger partial charge is 0.477 e. The summed E-state index contributed by atoms with van der Waals surface area (Å²) in [5, 5.41) is 9.84. The molecule has 0 aliphatic rings. The minimum atomic E-state index is -2.00. The van der Waals surface area contributed by atoms with Gasteiger partial charge in [0.2, 0.25) is 0 Å². The van der Waals surface area contributed by atoms with Crippen molar-refractivity contribution in [1.29, 1.82) is 0 Å². The summed E-state index contributed by atoms with van der Waals surface area (Å²) in [6.07, 6.45) is 0. The quantitative estimate of drug-likeness (QED) is 0.373. The number of aromatic carboxylic acids is 1. The summed E-state index contributed by atoms with van der Waals surface area (Å²) in [5.41, 5.74) is -0.878. The highest BCUT2D eigenvalue weighted by Gasteiger charge is 2.26. The second-order valence-electron chi connectivity index (χ2n) is 4.60. The second kappa shape index (κ2) is 5.50. The van der Waals surface area contributed by atoms with Crippen LogP contribution in [-0.2, 0) is 0 Å². The van der Waals surface area contributed by atoms with Crippen LogP contribution in [0.1, 0.15) is 9.67 Å². The maximum atomic E-state index is 14.1. The van der Waals surface area contributed by atoms with Gasteiger partial charge in [0.15, 0.2) is 23.3 Å². The van der Waals surface area contributed by atoms with Crippen LogP contribution in [0, 0.1) is 23.3 Å². The molecule has 0 saturated carbocycles. The SMILES string of the molecule is O=C(O)c1sc2cc(Cl)ccc2c1-c1cc(F)c(F)c(F)c1F. The molecule has 3 aromatic rings. The Kier molecular flexibility index (Phi) is 3.77. The third kappa shape index (κ3) is 2.46. The number of halogens is 5. The van der Waals surface area contributed by atoms with Crippen LogP contribution < -0.4 is 0 Å². The van der Waals surface area contributed by atoms with Crippen molar-refractivity contribution in [2.75, 3.05) is 0 Å². The van der Waals surface area contributed by atoms with E-state index < -0.39 is 34.8 Å². The van der Waals surface area contributed by atoms with Gasteiger partial charge >= 0.3 is 5.97 Å². The summed E-state index contributed by atoms with van der Waals surface area (Å²) < 4.78 is 54.5. The number of thiophene rings is 1. The van der Waals surface area contributed by atoms with Gasteiger partial charge in [-0.25, -0.2) is 22.4 Å². The Morgan fingerprint density at radius 2 is 1.74 bits per heavy atom. The van der Waals surface area contributed by atoms with E-state index in [9.17, 15) is 27.5 Å². The summed E-state index contributed by atoms with van der Waals surface area (Å²) >= 11 is 6.60. The molecule has 1 N–H and O–H groups in total. The lowest BCUT2D eigenvalue weighted by molar-refractivity contribution is 0.0703. The Morgan fingerprint density at radius 1 is 1.04 bits per heavy atom. The van der Waals surface area contributed by atoms with Crippen LogP contribution in [-0.4, -0.2) is 11.1 Å². The first kappa shape index (κ1) is 15.8. The van der Waals surface area contributed by atoms with E-state index in [1.165, 1.54) is 18.2 Å². The zero-order valence-corrected chi connectivity index (χ0v) is 12.5. The van der Waals surface area contributed by atoms with Crippen molar-refractivity contribution in [3.05, 3.63) is 57.4 Å². The summed E-state index contributed by atoms with van der Waals surface area (Å²) in [7, 11) is 0. The van der Waals surface area contributed by atoms with Crippen molar-refractivity contribution < 1.29 is 27.5 Å². The highest BCUT2D eigenvalue weighted by atomic mass is 35.5. The number of rotatable bonds is 2. The molecule has 8 heteroatoms. The van der Waals surface area contributed by atoms with Gasteiger partial charge in [-0.15, -0.1) is 11.3 Å². The van der Waals surface area contributed by atoms with Crippen molar-refractivity contribution >= 4 is 39.0 Å². The molecule has 0 bridgehead atoms. The van der Waals surface area contributed by atoms with Gasteiger partial charge in [0.05, 0.1) is 0 Å². The van der Waals surface area contributed by atoms with Crippen LogP contribution in [0.3, 0.4) is 0 Å². The molecule has 0 aliphatic heterocycles. The normalized spacial score (nSPS) is 11.2. The van der Waals surface area contributed by atoms with Gasteiger partial charge in [-0.1, -0.05) is 17.7 Å². The van der Waals surface area contributed by atoms with Crippen LogP contribution in [0.15, 0.2) is 24.3 Å². The molecule has 2 nitrogen and oxygen atoms in total. The predicted molar refractivity (Wildman–Crippen MR) is 79.1 cm³/mol. The molecule has 0 aliphatic carbocycles. The van der Waals surface area contributed by atoms with Gasteiger partial charge in [0.1, 0.15) is 4.88 Å². The molecule has 0 spiro atoms. The number of carboxylic acids is 1. The molecule has 0 unspecified atom stereocenters. The molecule has 0 saturated heterocycles. The fraction of sp³-hybridized carbons (Fsp3) is 0. The smallest absolute Gasteiger partial charge is 0.346 e. The Hall–Kier alpha value is -2.12. The van der Waals surface area contributed by atoms with Crippen LogP contribution in [0.2, 0.25) is 5.02 Å². The van der Waals surface area contributed by atoms with E-state index >= 15 is 0 Å². The van der Waals surface area contributed by atoms with E-state index in [1.54, 1.807) is 0 Å². The first-order chi connectivity index (χ1) is 10.8. The van der Waals surface area contributed by atoms with Gasteiger partial charge in [0.25, 0.3) is 0 Å². The maximum absolute atomic E-state index is 14.1. The lowest BCUT2D eigenvalue weighted by Gasteiger charge is -2.07. The number of hydrogen-bond acceptors (Lipinski definition) is 2. The van der Waals surface area contributed by atoms with Crippen LogP contribution >= 0.6 is 22.9 Å². The number of carboxylic acid groups (broad SMARTS) is 1. The maximum Gasteiger partial charge on any atom is 0.346 e. The Bertz CT molecular complexity index is 968. The highest BCUT2D eigenvalue weighted by Crippen LogP contribution is 2.41. The van der Waals surface area contributed by atoms with Crippen molar-refractivity contribution in [3.8, 4) is 11.1 Å². The number of hydrogen-bond donors (Lipinski definition) is 1. The number of benzene rings is 2. The lowest BCUT2D eigenvalue weighted by atomic mass is 10.0. The third-order valence-electron chi connectivity index (χ3n) is 3.22. The molecule has 0 fully saturated rings. The first-order valence-corrected chi connectivity index (χ1v) is 7.29. The zero-order chi connectivity index (χ0) is 16.9. The lowest BCUT2D eigenvalue weighted by Crippen LogP contribution is -2.01. The summed E-state index contributed by atoms with van der Waals surface area (Å²) in [6.45, 7) is 0. The van der Waals surface area contributed by atoms with E-state index in [4.69, 9.17) is 11.6 Å². The minimum Gasteiger partial charge on any atom is -0.477 e. The molecule has 23 heavy (non-hydrogen) atoms. The van der Waals surface area contributed by atoms with Crippen molar-refractivity contribution in [1.82, 2.24) is 0 Å². The standard InChI is InChI=1S/C15H5ClF4O2S/c16-5-1-2-6-9(3-5)23-14(15(21)22)10(6)7-4-8(17)12(19)13(20)11(7)18/h1-4H,(H,21,22). The average Bonchev–Trinajstić information content (AvgIpc) is 2.87. The summed E-state index contributed by atoms with van der Waals surface area (Å²) in [4.78, 5) is 11.1. The van der Waals surface area contributed by atoms with Crippen molar-refractivity contribution in [3.63, 3.8) is 0 Å². The fourth-order valence-electron chi connectivity index (χ4n) is 2.24. The molecule has 3 rings (SSSR count). The zero-order valence-electron chi connectivity index (χ0n) is 11.0. The topological polar surface area (TPSA) is 37.3 Å². The Labute approximate surface area is 135 Å². The third-order valence-corrected chi connectivity index (χ3v) is 4.59. The van der Waals surface area contributed by atoms with Crippen LogP contribution in [0.4, 0.5) is 17.6 Å². The van der Waals surface area contributed by atoms with Gasteiger partial charge in [-0.2, -0.15) is 0 Å². The molecule has 0 atom stereocenters. The van der Waals surface area contributed by atoms with E-state index in [1.807, 2.05) is 0 Å². The van der Waals surface area contributed by atoms with Crippen molar-refractivity contribution in [2.24, 2.45) is 0 Å². The summed E-state index contributed by atoms with van der Waals surface area (Å²) in [5.74, 6) is -8.61. The molecule has 2 aromatic carbocycles. The van der Waals surface area contributed by atoms with Crippen molar-refractivity contribution in [2.45, 2.75) is 0 Å². The van der Waals surface area contributed by atoms with E-state index in [-0.39, 0.29) is 15.8 Å².